The highest BCUT2D eigenvalue weighted by Crippen LogP contribution is 2.20. The van der Waals surface area contributed by atoms with E-state index in [1.54, 1.807) is 6.07 Å². The first-order valence-corrected chi connectivity index (χ1v) is 5.82. The van der Waals surface area contributed by atoms with E-state index < -0.39 is 6.43 Å². The Balaban J connectivity index is 2.04. The van der Waals surface area contributed by atoms with Crippen LogP contribution in [0.3, 0.4) is 0 Å². The fourth-order valence-electron chi connectivity index (χ4n) is 1.80. The smallest absolute Gasteiger partial charge is 0.263 e. The largest absolute Gasteiger partial charge is 0.381 e. The van der Waals surface area contributed by atoms with Gasteiger partial charge in [-0.15, -0.1) is 0 Å². The Labute approximate surface area is 105 Å². The highest BCUT2D eigenvalue weighted by molar-refractivity contribution is 5.46. The number of benzene rings is 2. The number of aryl methyl sites for hydroxylation is 1. The van der Waals surface area contributed by atoms with E-state index in [9.17, 15) is 8.78 Å². The van der Waals surface area contributed by atoms with Crippen molar-refractivity contribution in [2.75, 3.05) is 5.32 Å². The molecule has 0 unspecified atom stereocenters. The molecule has 2 aromatic rings. The van der Waals surface area contributed by atoms with Gasteiger partial charge in [-0.3, -0.25) is 0 Å². The summed E-state index contributed by atoms with van der Waals surface area (Å²) < 4.78 is 25.1. The molecule has 0 aliphatic rings. The van der Waals surface area contributed by atoms with Gasteiger partial charge >= 0.3 is 0 Å². The maximum absolute atomic E-state index is 12.5. The molecule has 1 N–H and O–H groups in total. The minimum atomic E-state index is -2.41. The zero-order valence-electron chi connectivity index (χ0n) is 10.2. The van der Waals surface area contributed by atoms with Crippen molar-refractivity contribution in [3.63, 3.8) is 0 Å². The van der Waals surface area contributed by atoms with Gasteiger partial charge in [-0.1, -0.05) is 30.3 Å². The van der Waals surface area contributed by atoms with Crippen LogP contribution in [0, 0.1) is 6.92 Å². The Kier molecular flexibility index (Phi) is 3.92. The summed E-state index contributed by atoms with van der Waals surface area (Å²) >= 11 is 0. The predicted octanol–water partition coefficient (Wildman–Crippen LogP) is 4.54. The second-order valence-electron chi connectivity index (χ2n) is 4.27. The molecule has 0 fully saturated rings. The summed E-state index contributed by atoms with van der Waals surface area (Å²) in [5.74, 6) is 0. The van der Waals surface area contributed by atoms with Crippen LogP contribution in [0.2, 0.25) is 0 Å². The maximum Gasteiger partial charge on any atom is 0.263 e. The average Bonchev–Trinajstić information content (AvgIpc) is 2.37. The second-order valence-corrected chi connectivity index (χ2v) is 4.27. The minimum absolute atomic E-state index is 0.0681. The van der Waals surface area contributed by atoms with Crippen LogP contribution in [0.25, 0.3) is 0 Å². The number of hydrogen-bond donors (Lipinski definition) is 1. The van der Waals surface area contributed by atoms with E-state index in [1.807, 2.05) is 37.3 Å². The third-order valence-corrected chi connectivity index (χ3v) is 2.72. The number of anilines is 1. The summed E-state index contributed by atoms with van der Waals surface area (Å²) in [5, 5.41) is 3.22. The van der Waals surface area contributed by atoms with Gasteiger partial charge in [0.2, 0.25) is 0 Å². The molecule has 0 amide bonds. The van der Waals surface area contributed by atoms with Gasteiger partial charge in [-0.05, 0) is 36.2 Å². The molecule has 0 radical (unpaired) electrons. The Morgan fingerprint density at radius 3 is 2.56 bits per heavy atom. The lowest BCUT2D eigenvalue weighted by Gasteiger charge is -2.08. The Morgan fingerprint density at radius 2 is 1.83 bits per heavy atom. The molecule has 0 aliphatic carbocycles. The molecule has 0 spiro atoms. The van der Waals surface area contributed by atoms with Crippen LogP contribution in [0.4, 0.5) is 14.5 Å². The normalized spacial score (nSPS) is 10.7. The van der Waals surface area contributed by atoms with E-state index in [2.05, 4.69) is 5.32 Å². The van der Waals surface area contributed by atoms with Gasteiger partial charge in [-0.2, -0.15) is 0 Å². The standard InChI is InChI=1S/C15H15F2N/c1-11-4-2-7-14(8-11)18-10-12-5-3-6-13(9-12)15(16)17/h2-9,15,18H,10H2,1H3. The van der Waals surface area contributed by atoms with Crippen molar-refractivity contribution in [3.8, 4) is 0 Å². The molecule has 2 aromatic carbocycles. The molecular formula is C15H15F2N. The molecule has 1 nitrogen and oxygen atoms in total. The molecular weight excluding hydrogens is 232 g/mol. The van der Waals surface area contributed by atoms with Crippen LogP contribution >= 0.6 is 0 Å². The third kappa shape index (κ3) is 3.29. The van der Waals surface area contributed by atoms with E-state index >= 15 is 0 Å². The zero-order valence-corrected chi connectivity index (χ0v) is 10.2. The van der Waals surface area contributed by atoms with Crippen molar-refractivity contribution in [1.82, 2.24) is 0 Å². The Morgan fingerprint density at radius 1 is 1.06 bits per heavy atom. The van der Waals surface area contributed by atoms with Gasteiger partial charge in [-0.25, -0.2) is 8.78 Å². The molecule has 0 aromatic heterocycles. The van der Waals surface area contributed by atoms with Crippen LogP contribution < -0.4 is 5.32 Å². The number of alkyl halides is 2. The number of rotatable bonds is 4. The molecule has 3 heteroatoms. The van der Waals surface area contributed by atoms with Crippen LogP contribution in [-0.4, -0.2) is 0 Å². The van der Waals surface area contributed by atoms with Crippen LogP contribution in [0.5, 0.6) is 0 Å². The molecule has 0 heterocycles. The van der Waals surface area contributed by atoms with Gasteiger partial charge in [0.25, 0.3) is 6.43 Å². The fraction of sp³-hybridized carbons (Fsp3) is 0.200. The quantitative estimate of drug-likeness (QED) is 0.836. The summed E-state index contributed by atoms with van der Waals surface area (Å²) in [5.41, 5.74) is 3.09. The van der Waals surface area contributed by atoms with Gasteiger partial charge in [0.1, 0.15) is 0 Å². The lowest BCUT2D eigenvalue weighted by Crippen LogP contribution is -2.00. The number of nitrogens with one attached hydrogen (secondary N) is 1. The van der Waals surface area contributed by atoms with Crippen molar-refractivity contribution in [2.45, 2.75) is 19.9 Å². The molecule has 0 saturated carbocycles. The summed E-state index contributed by atoms with van der Waals surface area (Å²) in [7, 11) is 0. The van der Waals surface area contributed by atoms with Crippen molar-refractivity contribution in [1.29, 1.82) is 0 Å². The van der Waals surface area contributed by atoms with Crippen molar-refractivity contribution >= 4 is 5.69 Å². The predicted molar refractivity (Wildman–Crippen MR) is 69.9 cm³/mol. The number of hydrogen-bond acceptors (Lipinski definition) is 1. The van der Waals surface area contributed by atoms with Gasteiger partial charge in [0.15, 0.2) is 0 Å². The first-order chi connectivity index (χ1) is 8.65. The van der Waals surface area contributed by atoms with Crippen LogP contribution in [0.1, 0.15) is 23.1 Å². The first-order valence-electron chi connectivity index (χ1n) is 5.82. The summed E-state index contributed by atoms with van der Waals surface area (Å²) in [4.78, 5) is 0. The van der Waals surface area contributed by atoms with E-state index in [1.165, 1.54) is 17.7 Å². The fourth-order valence-corrected chi connectivity index (χ4v) is 1.80. The first kappa shape index (κ1) is 12.6. The third-order valence-electron chi connectivity index (χ3n) is 2.72. The lowest BCUT2D eigenvalue weighted by molar-refractivity contribution is 0.151. The monoisotopic (exact) mass is 247 g/mol. The zero-order chi connectivity index (χ0) is 13.0. The number of halogens is 2. The molecule has 18 heavy (non-hydrogen) atoms. The Hall–Kier alpha value is -1.90. The van der Waals surface area contributed by atoms with Gasteiger partial charge in [0, 0.05) is 17.8 Å². The highest BCUT2D eigenvalue weighted by Gasteiger charge is 2.06. The van der Waals surface area contributed by atoms with Gasteiger partial charge in [0.05, 0.1) is 0 Å². The van der Waals surface area contributed by atoms with Crippen molar-refractivity contribution in [3.05, 3.63) is 65.2 Å². The van der Waals surface area contributed by atoms with E-state index in [-0.39, 0.29) is 5.56 Å². The maximum atomic E-state index is 12.5. The minimum Gasteiger partial charge on any atom is -0.381 e. The lowest BCUT2D eigenvalue weighted by atomic mass is 10.1. The molecule has 2 rings (SSSR count). The molecule has 0 aliphatic heterocycles. The van der Waals surface area contributed by atoms with Crippen molar-refractivity contribution in [2.24, 2.45) is 0 Å². The van der Waals surface area contributed by atoms with Crippen LogP contribution in [0.15, 0.2) is 48.5 Å². The Bertz CT molecular complexity index is 523. The van der Waals surface area contributed by atoms with E-state index in [0.29, 0.717) is 6.54 Å². The second kappa shape index (κ2) is 5.63. The topological polar surface area (TPSA) is 12.0 Å². The molecule has 0 bridgehead atoms. The molecule has 0 atom stereocenters. The molecule has 94 valence electrons. The summed E-state index contributed by atoms with van der Waals surface area (Å²) in [6.07, 6.45) is -2.41. The summed E-state index contributed by atoms with van der Waals surface area (Å²) in [6, 6.07) is 14.5. The van der Waals surface area contributed by atoms with Gasteiger partial charge < -0.3 is 5.32 Å². The SMILES string of the molecule is Cc1cccc(NCc2cccc(C(F)F)c2)c1. The van der Waals surface area contributed by atoms with E-state index in [0.717, 1.165) is 11.3 Å². The highest BCUT2D eigenvalue weighted by atomic mass is 19.3. The van der Waals surface area contributed by atoms with E-state index in [4.69, 9.17) is 0 Å². The summed E-state index contributed by atoms with van der Waals surface area (Å²) in [6.45, 7) is 2.56. The molecule has 0 saturated heterocycles. The average molecular weight is 247 g/mol. The van der Waals surface area contributed by atoms with Crippen molar-refractivity contribution < 1.29 is 8.78 Å². The van der Waals surface area contributed by atoms with Crippen LogP contribution in [-0.2, 0) is 6.54 Å².